The Kier molecular flexibility index (Phi) is 7.65. The monoisotopic (exact) mass is 555 g/mol. The molecule has 0 N–H and O–H groups in total. The molecule has 1 unspecified atom stereocenters. The third kappa shape index (κ3) is 5.45. The van der Waals surface area contributed by atoms with Crippen LogP contribution in [-0.4, -0.2) is 52.9 Å². The largest absolute Gasteiger partial charge is 0.495 e. The minimum atomic E-state index is -0.725. The Morgan fingerprint density at radius 1 is 1.03 bits per heavy atom. The average molecular weight is 556 g/mol. The molecule has 0 amide bonds. The zero-order valence-electron chi connectivity index (χ0n) is 20.5. The molecule has 0 spiro atoms. The number of halogens is 1. The van der Waals surface area contributed by atoms with Crippen molar-refractivity contribution in [3.8, 4) is 22.8 Å². The fourth-order valence-electron chi connectivity index (χ4n) is 4.29. The Labute approximate surface area is 219 Å². The number of hydrogen-bond donors (Lipinski definition) is 0. The maximum absolute atomic E-state index is 13.6. The van der Waals surface area contributed by atoms with Crippen LogP contribution >= 0.6 is 15.9 Å². The summed E-state index contributed by atoms with van der Waals surface area (Å²) >= 11 is 3.49. The van der Waals surface area contributed by atoms with Gasteiger partial charge in [-0.25, -0.2) is 0 Å². The van der Waals surface area contributed by atoms with Crippen LogP contribution in [0.1, 0.15) is 35.1 Å². The van der Waals surface area contributed by atoms with Crippen molar-refractivity contribution in [1.82, 2.24) is 0 Å². The second-order valence-electron chi connectivity index (χ2n) is 9.07. The molecule has 5 rings (SSSR count). The molecule has 1 aromatic heterocycles. The summed E-state index contributed by atoms with van der Waals surface area (Å²) in [4.78, 5) is 15.9. The molecule has 190 valence electrons. The third-order valence-corrected chi connectivity index (χ3v) is 7.37. The summed E-state index contributed by atoms with van der Waals surface area (Å²) in [6, 6.07) is 15.2. The summed E-state index contributed by atoms with van der Waals surface area (Å²) in [5.41, 5.74) is 2.69. The van der Waals surface area contributed by atoms with Crippen molar-refractivity contribution < 1.29 is 28.2 Å². The number of morpholine rings is 1. The van der Waals surface area contributed by atoms with E-state index in [1.54, 1.807) is 26.4 Å². The van der Waals surface area contributed by atoms with E-state index in [0.717, 1.165) is 56.0 Å². The maximum atomic E-state index is 13.6. The van der Waals surface area contributed by atoms with E-state index in [0.29, 0.717) is 34.3 Å². The second-order valence-corrected chi connectivity index (χ2v) is 9.86. The van der Waals surface area contributed by atoms with Gasteiger partial charge in [-0.2, -0.15) is 0 Å². The molecule has 2 heterocycles. The van der Waals surface area contributed by atoms with E-state index in [2.05, 4.69) is 33.0 Å². The third-order valence-electron chi connectivity index (χ3n) is 6.58. The maximum Gasteiger partial charge on any atom is 0.231 e. The fourth-order valence-corrected chi connectivity index (χ4v) is 4.84. The molecule has 2 fully saturated rings. The van der Waals surface area contributed by atoms with E-state index in [9.17, 15) is 4.79 Å². The van der Waals surface area contributed by atoms with Crippen LogP contribution < -0.4 is 14.4 Å². The van der Waals surface area contributed by atoms with Crippen molar-refractivity contribution in [3.63, 3.8) is 0 Å². The van der Waals surface area contributed by atoms with E-state index in [4.69, 9.17) is 23.4 Å². The minimum absolute atomic E-state index is 0.197. The number of Topliss-reactive ketones (excluding diaryl/α,β-unsaturated/α-hetero) is 1. The van der Waals surface area contributed by atoms with Gasteiger partial charge in [0.2, 0.25) is 5.78 Å². The van der Waals surface area contributed by atoms with E-state index < -0.39 is 6.10 Å². The van der Waals surface area contributed by atoms with Crippen molar-refractivity contribution >= 4 is 27.4 Å². The van der Waals surface area contributed by atoms with Gasteiger partial charge in [0.1, 0.15) is 27.8 Å². The van der Waals surface area contributed by atoms with E-state index >= 15 is 0 Å². The van der Waals surface area contributed by atoms with Crippen LogP contribution in [0.4, 0.5) is 5.69 Å². The first-order chi connectivity index (χ1) is 17.6. The molecule has 3 aromatic rings. The SMILES string of the molecule is COc1cc(-c2ccc(C(=O)C(OCC3CC3)c3ccc(N4CCOCC4)cc3)o2)cc(OC)c1Br. The zero-order valence-corrected chi connectivity index (χ0v) is 22.1. The molecule has 2 aromatic carbocycles. The van der Waals surface area contributed by atoms with Gasteiger partial charge in [-0.1, -0.05) is 12.1 Å². The first-order valence-electron chi connectivity index (χ1n) is 12.2. The minimum Gasteiger partial charge on any atom is -0.495 e. The predicted octanol–water partition coefficient (Wildman–Crippen LogP) is 5.91. The fraction of sp³-hybridized carbons (Fsp3) is 0.393. The lowest BCUT2D eigenvalue weighted by Gasteiger charge is -2.29. The number of hydrogen-bond acceptors (Lipinski definition) is 7. The van der Waals surface area contributed by atoms with Crippen LogP contribution in [0.25, 0.3) is 11.3 Å². The van der Waals surface area contributed by atoms with Crippen LogP contribution in [-0.2, 0) is 9.47 Å². The molecule has 0 bridgehead atoms. The van der Waals surface area contributed by atoms with Crippen molar-refractivity contribution in [2.24, 2.45) is 5.92 Å². The average Bonchev–Trinajstić information content (AvgIpc) is 3.62. The highest BCUT2D eigenvalue weighted by Gasteiger charge is 2.30. The first-order valence-corrected chi connectivity index (χ1v) is 13.0. The lowest BCUT2D eigenvalue weighted by atomic mass is 10.0. The van der Waals surface area contributed by atoms with Crippen LogP contribution in [0.5, 0.6) is 11.5 Å². The summed E-state index contributed by atoms with van der Waals surface area (Å²) in [5.74, 6) is 2.36. The van der Waals surface area contributed by atoms with Crippen molar-refractivity contribution in [1.29, 1.82) is 0 Å². The molecular weight excluding hydrogens is 526 g/mol. The normalized spacial score (nSPS) is 16.6. The van der Waals surface area contributed by atoms with E-state index in [-0.39, 0.29) is 11.5 Å². The molecule has 1 aliphatic carbocycles. The number of carbonyl (C=O) groups excluding carboxylic acids is 1. The number of nitrogens with zero attached hydrogens (tertiary/aromatic N) is 1. The molecule has 1 atom stereocenters. The van der Waals surface area contributed by atoms with Gasteiger partial charge in [-0.05, 0) is 76.7 Å². The number of carbonyl (C=O) groups is 1. The van der Waals surface area contributed by atoms with Gasteiger partial charge in [-0.3, -0.25) is 4.79 Å². The van der Waals surface area contributed by atoms with Gasteiger partial charge in [0, 0.05) is 24.3 Å². The second kappa shape index (κ2) is 11.1. The molecule has 7 nitrogen and oxygen atoms in total. The topological polar surface area (TPSA) is 70.4 Å². The number of benzene rings is 2. The Hall–Kier alpha value is -2.81. The van der Waals surface area contributed by atoms with Gasteiger partial charge in [0.25, 0.3) is 0 Å². The van der Waals surface area contributed by atoms with Gasteiger partial charge in [-0.15, -0.1) is 0 Å². The van der Waals surface area contributed by atoms with Crippen molar-refractivity contribution in [3.05, 3.63) is 64.3 Å². The Balaban J connectivity index is 1.39. The molecule has 1 saturated heterocycles. The Bertz CT molecular complexity index is 1170. The van der Waals surface area contributed by atoms with Gasteiger partial charge >= 0.3 is 0 Å². The number of ketones is 1. The summed E-state index contributed by atoms with van der Waals surface area (Å²) in [6.07, 6.45) is 1.57. The first kappa shape index (κ1) is 24.9. The van der Waals surface area contributed by atoms with Crippen LogP contribution in [0.2, 0.25) is 0 Å². The van der Waals surface area contributed by atoms with E-state index in [1.165, 1.54) is 0 Å². The zero-order chi connectivity index (χ0) is 25.1. The number of furan rings is 1. The van der Waals surface area contributed by atoms with Crippen LogP contribution in [0.3, 0.4) is 0 Å². The number of rotatable bonds is 10. The number of methoxy groups -OCH3 is 2. The lowest BCUT2D eigenvalue weighted by Crippen LogP contribution is -2.36. The quantitative estimate of drug-likeness (QED) is 0.288. The van der Waals surface area contributed by atoms with Gasteiger partial charge in [0.05, 0.1) is 34.0 Å². The summed E-state index contributed by atoms with van der Waals surface area (Å²) < 4.78 is 29.3. The molecule has 2 aliphatic rings. The number of anilines is 1. The molecule has 1 aliphatic heterocycles. The van der Waals surface area contributed by atoms with E-state index in [1.807, 2.05) is 24.3 Å². The molecule has 1 saturated carbocycles. The number of ether oxygens (including phenoxy) is 4. The molecular formula is C28H30BrNO6. The Morgan fingerprint density at radius 2 is 1.69 bits per heavy atom. The lowest BCUT2D eigenvalue weighted by molar-refractivity contribution is 0.0344. The molecule has 8 heteroatoms. The van der Waals surface area contributed by atoms with Gasteiger partial charge < -0.3 is 28.3 Å². The molecule has 36 heavy (non-hydrogen) atoms. The highest BCUT2D eigenvalue weighted by Crippen LogP contribution is 2.40. The standard InChI is InChI=1S/C28H30BrNO6/c1-32-24-15-20(16-25(33-2)26(24)29)22-9-10-23(36-22)27(31)28(35-17-18-3-4-18)19-5-7-21(8-6-19)30-11-13-34-14-12-30/h5-10,15-16,18,28H,3-4,11-14,17H2,1-2H3. The van der Waals surface area contributed by atoms with Crippen LogP contribution in [0, 0.1) is 5.92 Å². The predicted molar refractivity (Wildman–Crippen MR) is 140 cm³/mol. The van der Waals surface area contributed by atoms with Crippen molar-refractivity contribution in [2.75, 3.05) is 52.0 Å². The summed E-state index contributed by atoms with van der Waals surface area (Å²) in [6.45, 7) is 3.74. The summed E-state index contributed by atoms with van der Waals surface area (Å²) in [7, 11) is 3.18. The Morgan fingerprint density at radius 3 is 2.31 bits per heavy atom. The van der Waals surface area contributed by atoms with Crippen LogP contribution in [0.15, 0.2) is 57.4 Å². The summed E-state index contributed by atoms with van der Waals surface area (Å²) in [5, 5.41) is 0. The highest BCUT2D eigenvalue weighted by atomic mass is 79.9. The van der Waals surface area contributed by atoms with Crippen molar-refractivity contribution in [2.45, 2.75) is 18.9 Å². The highest BCUT2D eigenvalue weighted by molar-refractivity contribution is 9.10. The smallest absolute Gasteiger partial charge is 0.231 e. The van der Waals surface area contributed by atoms with Gasteiger partial charge in [0.15, 0.2) is 5.76 Å². The molecule has 0 radical (unpaired) electrons.